The van der Waals surface area contributed by atoms with E-state index in [1.807, 2.05) is 58.0 Å². The Morgan fingerprint density at radius 3 is 2.45 bits per heavy atom. The Kier molecular flexibility index (Phi) is 13.0. The van der Waals surface area contributed by atoms with E-state index in [0.29, 0.717) is 41.4 Å². The van der Waals surface area contributed by atoms with Crippen molar-refractivity contribution in [3.8, 4) is 0 Å². The molecule has 4 amide bonds. The quantitative estimate of drug-likeness (QED) is 0.0826. The second-order valence-corrected chi connectivity index (χ2v) is 14.6. The van der Waals surface area contributed by atoms with Crippen LogP contribution < -0.4 is 21.3 Å². The monoisotopic (exact) mass is 767 g/mol. The van der Waals surface area contributed by atoms with Gasteiger partial charge < -0.3 is 30.1 Å². The van der Waals surface area contributed by atoms with Crippen LogP contribution in [0.4, 0.5) is 15.6 Å². The molecule has 2 aromatic carbocycles. The van der Waals surface area contributed by atoms with Crippen molar-refractivity contribution in [3.05, 3.63) is 75.2 Å². The van der Waals surface area contributed by atoms with Crippen molar-refractivity contribution >= 4 is 63.9 Å². The van der Waals surface area contributed by atoms with Crippen molar-refractivity contribution in [2.75, 3.05) is 11.9 Å². The molecule has 15 heteroatoms. The number of H-pyrrole nitrogens is 1. The fraction of sp³-hybridized carbons (Fsp3) is 0.474. The topological polar surface area (TPSA) is 180 Å². The first-order valence-electron chi connectivity index (χ1n) is 18.1. The highest BCUT2D eigenvalue weighted by molar-refractivity contribution is 6.38. The van der Waals surface area contributed by atoms with Gasteiger partial charge >= 0.3 is 18.1 Å². The Bertz CT molecular complexity index is 1930. The molecule has 5 atom stereocenters. The van der Waals surface area contributed by atoms with E-state index in [2.05, 4.69) is 36.4 Å². The van der Waals surface area contributed by atoms with Gasteiger partial charge in [0.1, 0.15) is 18.2 Å². The van der Waals surface area contributed by atoms with Gasteiger partial charge in [0.25, 0.3) is 0 Å². The Balaban J connectivity index is 1.47. The number of aryl methyl sites for hydroxylation is 1. The van der Waals surface area contributed by atoms with Gasteiger partial charge in [0, 0.05) is 41.4 Å². The van der Waals surface area contributed by atoms with Gasteiger partial charge in [-0.2, -0.15) is 0 Å². The number of hydrogen-bond donors (Lipinski definition) is 5. The zero-order chi connectivity index (χ0) is 38.3. The van der Waals surface area contributed by atoms with Crippen LogP contribution in [-0.4, -0.2) is 57.1 Å². The van der Waals surface area contributed by atoms with E-state index in [-0.39, 0.29) is 55.4 Å². The lowest BCUT2D eigenvalue weighted by molar-refractivity contribution is -0.134. The molecule has 2 aromatic heterocycles. The third kappa shape index (κ3) is 9.31. The molecule has 0 saturated heterocycles. The lowest BCUT2D eigenvalue weighted by atomic mass is 9.73. The second kappa shape index (κ2) is 17.5. The highest BCUT2D eigenvalue weighted by Crippen LogP contribution is 2.41. The number of carbonyl (C=O) groups is 4. The molecule has 0 spiro atoms. The number of aromatic nitrogens is 3. The van der Waals surface area contributed by atoms with E-state index in [4.69, 9.17) is 32.4 Å². The first kappa shape index (κ1) is 39.6. The molecule has 284 valence electrons. The van der Waals surface area contributed by atoms with Gasteiger partial charge in [-0.05, 0) is 54.9 Å². The molecule has 0 bridgehead atoms. The van der Waals surface area contributed by atoms with Crippen molar-refractivity contribution in [2.24, 2.45) is 11.8 Å². The molecule has 13 nitrogen and oxygen atoms in total. The van der Waals surface area contributed by atoms with Crippen LogP contribution in [0.3, 0.4) is 0 Å². The molecule has 1 aliphatic carbocycles. The van der Waals surface area contributed by atoms with E-state index in [1.54, 1.807) is 19.1 Å². The number of hydrogen-bond acceptors (Lipinski definition) is 8. The van der Waals surface area contributed by atoms with Gasteiger partial charge in [0.15, 0.2) is 5.78 Å². The van der Waals surface area contributed by atoms with Crippen LogP contribution in [0.25, 0.3) is 10.9 Å². The number of ketones is 1. The largest absolute Gasteiger partial charge is 0.445 e. The maximum atomic E-state index is 14.9. The van der Waals surface area contributed by atoms with Crippen LogP contribution in [0.2, 0.25) is 10.0 Å². The van der Waals surface area contributed by atoms with Gasteiger partial charge in [-0.3, -0.25) is 14.9 Å². The molecule has 0 fully saturated rings. The zero-order valence-electron chi connectivity index (χ0n) is 30.6. The number of urea groups is 1. The van der Waals surface area contributed by atoms with Gasteiger partial charge in [-0.1, -0.05) is 99.2 Å². The maximum absolute atomic E-state index is 14.9. The number of fused-ring (bicyclic) bond motifs is 3. The number of anilines is 1. The van der Waals surface area contributed by atoms with E-state index < -0.39 is 35.5 Å². The summed E-state index contributed by atoms with van der Waals surface area (Å²) in [6.07, 6.45) is 1.32. The average molecular weight is 769 g/mol. The number of alkyl carbamates (subject to hydrolysis) is 1. The number of benzene rings is 2. The van der Waals surface area contributed by atoms with Gasteiger partial charge in [-0.15, -0.1) is 5.10 Å². The molecule has 53 heavy (non-hydrogen) atoms. The molecule has 0 aliphatic heterocycles. The minimum absolute atomic E-state index is 0.0333. The Morgan fingerprint density at radius 1 is 1.02 bits per heavy atom. The molecular weight excluding hydrogens is 721 g/mol. The predicted octanol–water partition coefficient (Wildman–Crippen LogP) is 7.47. The number of rotatable bonds is 15. The summed E-state index contributed by atoms with van der Waals surface area (Å²) < 4.78 is 11.3. The summed E-state index contributed by atoms with van der Waals surface area (Å²) in [4.78, 5) is 57.9. The van der Waals surface area contributed by atoms with Crippen molar-refractivity contribution in [1.82, 2.24) is 31.1 Å². The van der Waals surface area contributed by atoms with Gasteiger partial charge in [0.2, 0.25) is 11.8 Å². The summed E-state index contributed by atoms with van der Waals surface area (Å²) in [5.74, 6) is -1.45. The van der Waals surface area contributed by atoms with E-state index in [1.165, 1.54) is 0 Å². The third-order valence-electron chi connectivity index (χ3n) is 10.2. The average Bonchev–Trinajstić information content (AvgIpc) is 3.75. The number of ether oxygens (including phenoxy) is 1. The smallest absolute Gasteiger partial charge is 0.408 e. The number of nitrogens with zero attached hydrogens (tertiary/aromatic N) is 2. The third-order valence-corrected chi connectivity index (χ3v) is 10.7. The summed E-state index contributed by atoms with van der Waals surface area (Å²) >= 11 is 13.0. The standard InChI is InChI=1S/C38H47Cl2N7O6/c1-6-21(4)25(34-46-47-36(53-34)44-35(50)41-8-3)18-30(48)38(15-14-29-27(19-38)26-16-24(39)17-28(40)32(26)42-29)45-33(49)31(22(5)7-2)43-37(51)52-20-23-12-10-9-11-13-23/h9-13,16-17,21-22,25,31,42H,6-8,14-15,18-20H2,1-5H3,(H,43,51)(H,45,49)(H2,41,44,47,50)/t21?,22?,25-,31-,38+/m0/s1. The van der Waals surface area contributed by atoms with Crippen LogP contribution in [0.15, 0.2) is 46.9 Å². The normalized spacial score (nSPS) is 17.6. The fourth-order valence-corrected chi connectivity index (χ4v) is 7.28. The molecular formula is C38H47Cl2N7O6. The van der Waals surface area contributed by atoms with Crippen LogP contribution in [0, 0.1) is 11.8 Å². The minimum Gasteiger partial charge on any atom is -0.445 e. The summed E-state index contributed by atoms with van der Waals surface area (Å²) in [5.41, 5.74) is 1.85. The van der Waals surface area contributed by atoms with Crippen LogP contribution in [-0.2, 0) is 33.8 Å². The molecule has 2 heterocycles. The SMILES string of the molecule is CCNC(=O)Nc1nnc([C@@H](CC(=O)[C@@]2(NC(=O)[C@@H](NC(=O)OCc3ccccc3)C(C)CC)CCc3[nH]c4c(Cl)cc(Cl)cc4c3C2)C(C)CC)o1. The second-order valence-electron chi connectivity index (χ2n) is 13.8. The summed E-state index contributed by atoms with van der Waals surface area (Å²) in [7, 11) is 0. The van der Waals surface area contributed by atoms with Crippen LogP contribution >= 0.6 is 23.2 Å². The van der Waals surface area contributed by atoms with Crippen molar-refractivity contribution in [3.63, 3.8) is 0 Å². The van der Waals surface area contributed by atoms with Crippen LogP contribution in [0.1, 0.15) is 88.9 Å². The molecule has 5 rings (SSSR count). The van der Waals surface area contributed by atoms with Crippen molar-refractivity contribution < 1.29 is 28.3 Å². The minimum atomic E-state index is -1.39. The Hall–Kier alpha value is -4.62. The summed E-state index contributed by atoms with van der Waals surface area (Å²) in [6, 6.07) is 11.1. The van der Waals surface area contributed by atoms with Gasteiger partial charge in [-0.25, -0.2) is 9.59 Å². The highest BCUT2D eigenvalue weighted by Gasteiger charge is 2.46. The number of carbonyl (C=O) groups excluding carboxylic acids is 4. The zero-order valence-corrected chi connectivity index (χ0v) is 32.1. The Morgan fingerprint density at radius 2 is 1.75 bits per heavy atom. The lowest BCUT2D eigenvalue weighted by Gasteiger charge is -2.39. The number of amides is 4. The summed E-state index contributed by atoms with van der Waals surface area (Å²) in [5, 5.41) is 20.9. The Labute approximate surface area is 318 Å². The molecule has 2 unspecified atom stereocenters. The number of aromatic amines is 1. The summed E-state index contributed by atoms with van der Waals surface area (Å²) in [6.45, 7) is 9.98. The van der Waals surface area contributed by atoms with Crippen LogP contribution in [0.5, 0.6) is 0 Å². The number of halogens is 2. The highest BCUT2D eigenvalue weighted by atomic mass is 35.5. The molecule has 5 N–H and O–H groups in total. The van der Waals surface area contributed by atoms with E-state index >= 15 is 0 Å². The molecule has 1 aliphatic rings. The molecule has 0 saturated carbocycles. The van der Waals surface area contributed by atoms with Crippen molar-refractivity contribution in [2.45, 2.75) is 97.2 Å². The molecule has 4 aromatic rings. The number of nitrogens with one attached hydrogen (secondary N) is 5. The maximum Gasteiger partial charge on any atom is 0.408 e. The van der Waals surface area contributed by atoms with E-state index in [9.17, 15) is 19.2 Å². The van der Waals surface area contributed by atoms with Crippen molar-refractivity contribution in [1.29, 1.82) is 0 Å². The first-order valence-corrected chi connectivity index (χ1v) is 18.8. The fourth-order valence-electron chi connectivity index (χ4n) is 6.74. The van der Waals surface area contributed by atoms with Gasteiger partial charge in [0.05, 0.1) is 10.5 Å². The lowest BCUT2D eigenvalue weighted by Crippen LogP contribution is -2.62. The number of Topliss-reactive ketones (excluding diaryl/α,β-unsaturated/α-hetero) is 1. The molecule has 0 radical (unpaired) electrons. The first-order chi connectivity index (χ1) is 25.4. The predicted molar refractivity (Wildman–Crippen MR) is 203 cm³/mol. The van der Waals surface area contributed by atoms with E-state index in [0.717, 1.165) is 22.2 Å².